The highest BCUT2D eigenvalue weighted by Crippen LogP contribution is 2.09. The number of aromatic nitrogens is 4. The largest absolute Gasteiger partial charge is 0.384 e. The average Bonchev–Trinajstić information content (AvgIpc) is 2.19. The molecule has 0 aliphatic rings. The molecule has 2 rings (SSSR count). The van der Waals surface area contributed by atoms with E-state index < -0.39 is 0 Å². The maximum atomic E-state index is 5.50. The zero-order chi connectivity index (χ0) is 9.10. The summed E-state index contributed by atoms with van der Waals surface area (Å²) in [6.45, 7) is 0. The molecule has 13 heavy (non-hydrogen) atoms. The highest BCUT2D eigenvalue weighted by Gasteiger charge is 2.01. The van der Waals surface area contributed by atoms with E-state index in [-0.39, 0.29) is 0 Å². The Kier molecular flexibility index (Phi) is 1.84. The normalized spacial score (nSPS) is 9.85. The third kappa shape index (κ3) is 1.58. The van der Waals surface area contributed by atoms with Gasteiger partial charge in [0.1, 0.15) is 11.5 Å². The summed E-state index contributed by atoms with van der Waals surface area (Å²) in [7, 11) is 0. The Morgan fingerprint density at radius 1 is 1.15 bits per heavy atom. The van der Waals surface area contributed by atoms with E-state index in [1.54, 1.807) is 30.6 Å². The van der Waals surface area contributed by atoms with Crippen LogP contribution in [0, 0.1) is 0 Å². The molecule has 0 aliphatic carbocycles. The fourth-order valence-electron chi connectivity index (χ4n) is 0.917. The second-order valence-electron chi connectivity index (χ2n) is 2.41. The molecule has 0 amide bonds. The SMILES string of the molecule is Nc1ccnc(-c2cccnn2)n1. The number of hydrogen-bond acceptors (Lipinski definition) is 5. The lowest BCUT2D eigenvalue weighted by Gasteiger charge is -1.97. The Balaban J connectivity index is 2.48. The molecular formula is C8H7N5. The molecule has 2 N–H and O–H groups in total. The van der Waals surface area contributed by atoms with Gasteiger partial charge in [0.25, 0.3) is 0 Å². The molecule has 0 atom stereocenters. The molecule has 0 bridgehead atoms. The van der Waals surface area contributed by atoms with Crippen LogP contribution in [0.3, 0.4) is 0 Å². The van der Waals surface area contributed by atoms with Gasteiger partial charge in [-0.3, -0.25) is 0 Å². The second-order valence-corrected chi connectivity index (χ2v) is 2.41. The molecule has 5 nitrogen and oxygen atoms in total. The van der Waals surface area contributed by atoms with Gasteiger partial charge < -0.3 is 5.73 Å². The predicted octanol–water partition coefficient (Wildman–Crippen LogP) is 0.516. The molecule has 0 unspecified atom stereocenters. The highest BCUT2D eigenvalue weighted by molar-refractivity contribution is 5.49. The van der Waals surface area contributed by atoms with E-state index in [0.717, 1.165) is 0 Å². The first-order chi connectivity index (χ1) is 6.36. The molecule has 0 aliphatic heterocycles. The molecule has 0 aromatic carbocycles. The third-order valence-electron chi connectivity index (χ3n) is 1.48. The fourth-order valence-corrected chi connectivity index (χ4v) is 0.917. The molecule has 2 heterocycles. The van der Waals surface area contributed by atoms with E-state index >= 15 is 0 Å². The lowest BCUT2D eigenvalue weighted by Crippen LogP contribution is -1.96. The summed E-state index contributed by atoms with van der Waals surface area (Å²) in [5.74, 6) is 0.920. The molecule has 0 saturated heterocycles. The molecule has 0 radical (unpaired) electrons. The molecule has 0 spiro atoms. The van der Waals surface area contributed by atoms with Crippen molar-refractivity contribution in [3.05, 3.63) is 30.6 Å². The third-order valence-corrected chi connectivity index (χ3v) is 1.48. The molecule has 64 valence electrons. The van der Waals surface area contributed by atoms with Crippen LogP contribution in [-0.2, 0) is 0 Å². The maximum Gasteiger partial charge on any atom is 0.182 e. The van der Waals surface area contributed by atoms with E-state index in [4.69, 9.17) is 5.73 Å². The van der Waals surface area contributed by atoms with Crippen LogP contribution >= 0.6 is 0 Å². The van der Waals surface area contributed by atoms with Gasteiger partial charge in [-0.2, -0.15) is 5.10 Å². The van der Waals surface area contributed by atoms with Crippen molar-refractivity contribution in [2.45, 2.75) is 0 Å². The molecular weight excluding hydrogens is 166 g/mol. The fraction of sp³-hybridized carbons (Fsp3) is 0. The molecule has 5 heteroatoms. The summed E-state index contributed by atoms with van der Waals surface area (Å²) in [6.07, 6.45) is 3.18. The first-order valence-electron chi connectivity index (χ1n) is 3.73. The van der Waals surface area contributed by atoms with Gasteiger partial charge in [-0.15, -0.1) is 5.10 Å². The van der Waals surface area contributed by atoms with Gasteiger partial charge in [-0.25, -0.2) is 9.97 Å². The topological polar surface area (TPSA) is 77.6 Å². The lowest BCUT2D eigenvalue weighted by molar-refractivity contribution is 1.01. The number of nitrogens with two attached hydrogens (primary N) is 1. The van der Waals surface area contributed by atoms with Gasteiger partial charge in [0.15, 0.2) is 5.82 Å². The maximum absolute atomic E-state index is 5.50. The van der Waals surface area contributed by atoms with Crippen LogP contribution in [0.5, 0.6) is 0 Å². The van der Waals surface area contributed by atoms with Gasteiger partial charge in [-0.1, -0.05) is 0 Å². The van der Waals surface area contributed by atoms with Crippen LogP contribution in [0.4, 0.5) is 5.82 Å². The number of hydrogen-bond donors (Lipinski definition) is 1. The van der Waals surface area contributed by atoms with Crippen molar-refractivity contribution >= 4 is 5.82 Å². The number of nitrogens with zero attached hydrogens (tertiary/aromatic N) is 4. The Morgan fingerprint density at radius 2 is 2.08 bits per heavy atom. The Bertz CT molecular complexity index is 400. The molecule has 0 saturated carbocycles. The van der Waals surface area contributed by atoms with Gasteiger partial charge in [0.05, 0.1) is 0 Å². The summed E-state index contributed by atoms with van der Waals surface area (Å²) in [4.78, 5) is 8.02. The van der Waals surface area contributed by atoms with Crippen molar-refractivity contribution in [1.82, 2.24) is 20.2 Å². The number of nitrogen functional groups attached to an aromatic ring is 1. The summed E-state index contributed by atoms with van der Waals surface area (Å²) in [5, 5.41) is 7.58. The van der Waals surface area contributed by atoms with Crippen molar-refractivity contribution in [2.75, 3.05) is 5.73 Å². The summed E-state index contributed by atoms with van der Waals surface area (Å²) in [6, 6.07) is 5.18. The van der Waals surface area contributed by atoms with E-state index in [1.165, 1.54) is 0 Å². The standard InChI is InChI=1S/C8H7N5/c9-7-3-5-10-8(12-7)6-2-1-4-11-13-6/h1-5H,(H2,9,10,12). The number of anilines is 1. The van der Waals surface area contributed by atoms with Gasteiger partial charge in [0, 0.05) is 12.4 Å². The number of rotatable bonds is 1. The lowest BCUT2D eigenvalue weighted by atomic mass is 10.3. The molecule has 2 aromatic heterocycles. The zero-order valence-electron chi connectivity index (χ0n) is 6.75. The Morgan fingerprint density at radius 3 is 2.77 bits per heavy atom. The van der Waals surface area contributed by atoms with Crippen molar-refractivity contribution < 1.29 is 0 Å². The Hall–Kier alpha value is -2.04. The van der Waals surface area contributed by atoms with Gasteiger partial charge >= 0.3 is 0 Å². The smallest absolute Gasteiger partial charge is 0.182 e. The van der Waals surface area contributed by atoms with Gasteiger partial charge in [0.2, 0.25) is 0 Å². The zero-order valence-corrected chi connectivity index (χ0v) is 6.75. The van der Waals surface area contributed by atoms with Crippen LogP contribution < -0.4 is 5.73 Å². The van der Waals surface area contributed by atoms with Crippen molar-refractivity contribution in [2.24, 2.45) is 0 Å². The van der Waals surface area contributed by atoms with Crippen LogP contribution in [0.15, 0.2) is 30.6 Å². The first kappa shape index (κ1) is 7.60. The minimum absolute atomic E-state index is 0.427. The second kappa shape index (κ2) is 3.14. The minimum Gasteiger partial charge on any atom is -0.384 e. The predicted molar refractivity (Wildman–Crippen MR) is 47.5 cm³/mol. The van der Waals surface area contributed by atoms with E-state index in [9.17, 15) is 0 Å². The van der Waals surface area contributed by atoms with Crippen molar-refractivity contribution in [3.8, 4) is 11.5 Å². The highest BCUT2D eigenvalue weighted by atomic mass is 15.1. The van der Waals surface area contributed by atoms with Crippen LogP contribution in [0.1, 0.15) is 0 Å². The molecule has 2 aromatic rings. The average molecular weight is 173 g/mol. The summed E-state index contributed by atoms with van der Waals surface area (Å²) in [5.41, 5.74) is 6.12. The van der Waals surface area contributed by atoms with Crippen LogP contribution in [0.2, 0.25) is 0 Å². The monoisotopic (exact) mass is 173 g/mol. The minimum atomic E-state index is 0.427. The Labute approximate surface area is 74.7 Å². The van der Waals surface area contributed by atoms with E-state index in [0.29, 0.717) is 17.3 Å². The summed E-state index contributed by atoms with van der Waals surface area (Å²) >= 11 is 0. The van der Waals surface area contributed by atoms with Gasteiger partial charge in [-0.05, 0) is 18.2 Å². The summed E-state index contributed by atoms with van der Waals surface area (Å²) < 4.78 is 0. The van der Waals surface area contributed by atoms with E-state index in [1.807, 2.05) is 0 Å². The van der Waals surface area contributed by atoms with Crippen LogP contribution in [-0.4, -0.2) is 20.2 Å². The van der Waals surface area contributed by atoms with Crippen LogP contribution in [0.25, 0.3) is 11.5 Å². The van der Waals surface area contributed by atoms with E-state index in [2.05, 4.69) is 20.2 Å². The molecule has 0 fully saturated rings. The quantitative estimate of drug-likeness (QED) is 0.680. The van der Waals surface area contributed by atoms with Crippen molar-refractivity contribution in [1.29, 1.82) is 0 Å². The first-order valence-corrected chi connectivity index (χ1v) is 3.73. The van der Waals surface area contributed by atoms with Crippen molar-refractivity contribution in [3.63, 3.8) is 0 Å².